The lowest BCUT2D eigenvalue weighted by Gasteiger charge is -2.19. The number of benzene rings is 2. The summed E-state index contributed by atoms with van der Waals surface area (Å²) in [6, 6.07) is 9.86. The Morgan fingerprint density at radius 3 is 2.87 bits per heavy atom. The Hall–Kier alpha value is -2.55. The monoisotopic (exact) mass is 461 g/mol. The fourth-order valence-corrected chi connectivity index (χ4v) is 5.59. The third-order valence-corrected chi connectivity index (χ3v) is 7.34. The van der Waals surface area contributed by atoms with Crippen molar-refractivity contribution in [2.45, 2.75) is 23.6 Å². The summed E-state index contributed by atoms with van der Waals surface area (Å²) in [7, 11) is -3.91. The zero-order valence-corrected chi connectivity index (χ0v) is 18.2. The molecule has 0 unspecified atom stereocenters. The third-order valence-electron chi connectivity index (χ3n) is 4.73. The summed E-state index contributed by atoms with van der Waals surface area (Å²) >= 11 is 7.60. The minimum Gasteiger partial charge on any atom is -0.377 e. The van der Waals surface area contributed by atoms with E-state index in [2.05, 4.69) is 15.3 Å². The van der Waals surface area contributed by atoms with Crippen LogP contribution in [0.4, 0.5) is 10.1 Å². The molecule has 9 heteroatoms. The number of nitrogens with zero attached hydrogens (tertiary/aromatic N) is 2. The molecule has 1 atom stereocenters. The van der Waals surface area contributed by atoms with E-state index in [0.717, 1.165) is 28.5 Å². The summed E-state index contributed by atoms with van der Waals surface area (Å²) in [6.45, 7) is 1.92. The number of hydrogen-bond acceptors (Lipinski definition) is 6. The van der Waals surface area contributed by atoms with Crippen LogP contribution in [-0.2, 0) is 15.6 Å². The molecule has 0 radical (unpaired) electrons. The van der Waals surface area contributed by atoms with Gasteiger partial charge in [0.05, 0.1) is 27.7 Å². The van der Waals surface area contributed by atoms with Crippen LogP contribution < -0.4 is 5.32 Å². The maximum atomic E-state index is 14.8. The number of aromatic nitrogens is 2. The highest BCUT2D eigenvalue weighted by Crippen LogP contribution is 2.33. The number of halogens is 2. The van der Waals surface area contributed by atoms with Gasteiger partial charge in [-0.25, -0.2) is 17.8 Å². The molecule has 0 aliphatic heterocycles. The van der Waals surface area contributed by atoms with Gasteiger partial charge in [0.2, 0.25) is 0 Å². The lowest BCUT2D eigenvalue weighted by atomic mass is 10.0. The largest absolute Gasteiger partial charge is 0.377 e. The molecular weight excluding hydrogens is 445 g/mol. The molecule has 4 rings (SSSR count). The summed E-state index contributed by atoms with van der Waals surface area (Å²) < 4.78 is 40.0. The van der Waals surface area contributed by atoms with E-state index >= 15 is 0 Å². The minimum atomic E-state index is -3.91. The van der Waals surface area contributed by atoms with Gasteiger partial charge in [0.15, 0.2) is 9.84 Å². The fourth-order valence-electron chi connectivity index (χ4n) is 3.28. The number of sulfone groups is 1. The second kappa shape index (κ2) is 8.29. The second-order valence-corrected chi connectivity index (χ2v) is 9.90. The van der Waals surface area contributed by atoms with Crippen LogP contribution in [0.5, 0.6) is 0 Å². The molecule has 0 saturated carbocycles. The van der Waals surface area contributed by atoms with E-state index in [-0.39, 0.29) is 16.8 Å². The van der Waals surface area contributed by atoms with E-state index in [9.17, 15) is 12.8 Å². The molecule has 4 aromatic rings. The van der Waals surface area contributed by atoms with Crippen molar-refractivity contribution in [3.8, 4) is 0 Å². The van der Waals surface area contributed by atoms with Crippen molar-refractivity contribution in [3.63, 3.8) is 0 Å². The first-order valence-electron chi connectivity index (χ1n) is 9.03. The van der Waals surface area contributed by atoms with Gasteiger partial charge in [-0.3, -0.25) is 4.98 Å². The summed E-state index contributed by atoms with van der Waals surface area (Å²) in [5.74, 6) is -1.24. The van der Waals surface area contributed by atoms with Crippen LogP contribution in [0.3, 0.4) is 0 Å². The summed E-state index contributed by atoms with van der Waals surface area (Å²) in [5.41, 5.74) is 3.19. The molecular formula is C21H17ClFN3O2S2. The Morgan fingerprint density at radius 2 is 2.10 bits per heavy atom. The number of thiazole rings is 1. The first-order valence-corrected chi connectivity index (χ1v) is 12.0. The van der Waals surface area contributed by atoms with Crippen molar-refractivity contribution in [2.75, 3.05) is 5.32 Å². The number of pyridine rings is 1. The smallest absolute Gasteiger partial charge is 0.187 e. The topological polar surface area (TPSA) is 72.0 Å². The van der Waals surface area contributed by atoms with Gasteiger partial charge in [0.25, 0.3) is 0 Å². The van der Waals surface area contributed by atoms with Crippen LogP contribution in [0.2, 0.25) is 5.02 Å². The van der Waals surface area contributed by atoms with Gasteiger partial charge in [-0.1, -0.05) is 29.8 Å². The number of hydrogen-bond donors (Lipinski definition) is 1. The van der Waals surface area contributed by atoms with Gasteiger partial charge < -0.3 is 5.32 Å². The molecule has 0 amide bonds. The van der Waals surface area contributed by atoms with E-state index in [1.807, 2.05) is 31.2 Å². The summed E-state index contributed by atoms with van der Waals surface area (Å²) in [4.78, 5) is 7.70. The van der Waals surface area contributed by atoms with Crippen LogP contribution in [0.25, 0.3) is 10.8 Å². The Morgan fingerprint density at radius 1 is 1.27 bits per heavy atom. The molecule has 1 N–H and O–H groups in total. The predicted molar refractivity (Wildman–Crippen MR) is 118 cm³/mol. The molecule has 0 spiro atoms. The van der Waals surface area contributed by atoms with Gasteiger partial charge in [-0.2, -0.15) is 0 Å². The first kappa shape index (κ1) is 20.7. The lowest BCUT2D eigenvalue weighted by Crippen LogP contribution is -2.11. The third kappa shape index (κ3) is 4.16. The Labute approximate surface area is 182 Å². The molecule has 2 aromatic heterocycles. The van der Waals surface area contributed by atoms with E-state index < -0.39 is 20.5 Å². The van der Waals surface area contributed by atoms with Gasteiger partial charge in [-0.15, -0.1) is 11.3 Å². The molecule has 154 valence electrons. The van der Waals surface area contributed by atoms with E-state index in [4.69, 9.17) is 11.6 Å². The van der Waals surface area contributed by atoms with Crippen molar-refractivity contribution in [1.29, 1.82) is 0 Å². The average Bonchev–Trinajstić information content (AvgIpc) is 3.22. The van der Waals surface area contributed by atoms with Crippen LogP contribution in [0.1, 0.15) is 24.2 Å². The highest BCUT2D eigenvalue weighted by molar-refractivity contribution is 7.90. The standard InChI is InChI=1S/C21H17ClFN3O2S2/c1-13(16-4-2-3-14-5-6-24-9-17(14)16)26-20-8-19(23)21(7-18(20)22)30(27,28)11-15-10-29-12-25-15/h2-10,12-13,26H,11H2,1H3/t13-/m0/s1. The summed E-state index contributed by atoms with van der Waals surface area (Å²) in [6.07, 6.45) is 3.50. The molecule has 30 heavy (non-hydrogen) atoms. The number of fused-ring (bicyclic) bond motifs is 1. The second-order valence-electron chi connectivity index (χ2n) is 6.81. The van der Waals surface area contributed by atoms with Gasteiger partial charge >= 0.3 is 0 Å². The zero-order valence-electron chi connectivity index (χ0n) is 15.8. The van der Waals surface area contributed by atoms with Crippen molar-refractivity contribution in [3.05, 3.63) is 81.8 Å². The average molecular weight is 462 g/mol. The highest BCUT2D eigenvalue weighted by Gasteiger charge is 2.23. The van der Waals surface area contributed by atoms with Gasteiger partial charge in [-0.05, 0) is 36.1 Å². The Bertz CT molecular complexity index is 1310. The molecule has 2 heterocycles. The normalized spacial score (nSPS) is 12.8. The maximum Gasteiger partial charge on any atom is 0.187 e. The summed E-state index contributed by atoms with van der Waals surface area (Å²) in [5, 5.41) is 6.93. The lowest BCUT2D eigenvalue weighted by molar-refractivity contribution is 0.566. The highest BCUT2D eigenvalue weighted by atomic mass is 35.5. The SMILES string of the molecule is C[C@H](Nc1cc(F)c(S(=O)(=O)Cc2cscn2)cc1Cl)c1cccc2ccncc12. The fraction of sp³-hybridized carbons (Fsp3) is 0.143. The molecule has 0 saturated heterocycles. The van der Waals surface area contributed by atoms with Gasteiger partial charge in [0.1, 0.15) is 10.7 Å². The van der Waals surface area contributed by atoms with E-state index in [1.165, 1.54) is 16.8 Å². The number of nitrogens with one attached hydrogen (secondary N) is 1. The Balaban J connectivity index is 1.63. The van der Waals surface area contributed by atoms with Crippen molar-refractivity contribution in [1.82, 2.24) is 9.97 Å². The Kier molecular flexibility index (Phi) is 5.73. The molecule has 5 nitrogen and oxygen atoms in total. The van der Waals surface area contributed by atoms with Crippen LogP contribution in [0, 0.1) is 5.82 Å². The molecule has 0 aliphatic carbocycles. The van der Waals surface area contributed by atoms with Crippen LogP contribution in [0.15, 0.2) is 64.6 Å². The van der Waals surface area contributed by atoms with Crippen molar-refractivity contribution < 1.29 is 12.8 Å². The first-order chi connectivity index (χ1) is 14.3. The minimum absolute atomic E-state index is 0.124. The van der Waals surface area contributed by atoms with Crippen LogP contribution in [-0.4, -0.2) is 18.4 Å². The molecule has 0 aliphatic rings. The van der Waals surface area contributed by atoms with Crippen molar-refractivity contribution >= 4 is 49.2 Å². The quantitative estimate of drug-likeness (QED) is 0.403. The maximum absolute atomic E-state index is 14.8. The van der Waals surface area contributed by atoms with Crippen molar-refractivity contribution in [2.24, 2.45) is 0 Å². The van der Waals surface area contributed by atoms with Crippen LogP contribution >= 0.6 is 22.9 Å². The molecule has 0 fully saturated rings. The number of rotatable bonds is 6. The number of anilines is 1. The molecule has 2 aromatic carbocycles. The van der Waals surface area contributed by atoms with E-state index in [0.29, 0.717) is 11.4 Å². The molecule has 0 bridgehead atoms. The van der Waals surface area contributed by atoms with Gasteiger partial charge in [0, 0.05) is 29.2 Å². The van der Waals surface area contributed by atoms with E-state index in [1.54, 1.807) is 17.8 Å². The zero-order chi connectivity index (χ0) is 21.3. The predicted octanol–water partition coefficient (Wildman–Crippen LogP) is 5.63.